The number of H-pyrrole nitrogens is 1. The van der Waals surface area contributed by atoms with Gasteiger partial charge in [-0.3, -0.25) is 4.90 Å². The van der Waals surface area contributed by atoms with Crippen LogP contribution in [0.1, 0.15) is 27.7 Å². The van der Waals surface area contributed by atoms with Crippen molar-refractivity contribution in [2.24, 2.45) is 5.41 Å². The average molecular weight is 302 g/mol. The zero-order valence-corrected chi connectivity index (χ0v) is 13.9. The first kappa shape index (κ1) is 15.4. The molecule has 0 spiro atoms. The number of hydrogen-bond donors (Lipinski definition) is 2. The van der Waals surface area contributed by atoms with E-state index in [1.807, 2.05) is 30.5 Å². The van der Waals surface area contributed by atoms with E-state index in [4.69, 9.17) is 4.74 Å². The van der Waals surface area contributed by atoms with Crippen LogP contribution in [0.15, 0.2) is 30.5 Å². The van der Waals surface area contributed by atoms with Crippen LogP contribution < -0.4 is 4.74 Å². The first-order valence-corrected chi connectivity index (χ1v) is 7.93. The summed E-state index contributed by atoms with van der Waals surface area (Å²) in [5, 5.41) is 11.4. The summed E-state index contributed by atoms with van der Waals surface area (Å²) in [6.07, 6.45) is 1.42. The van der Waals surface area contributed by atoms with E-state index in [9.17, 15) is 5.11 Å². The zero-order valence-electron chi connectivity index (χ0n) is 13.9. The maximum absolute atomic E-state index is 10.3. The van der Waals surface area contributed by atoms with E-state index in [0.717, 1.165) is 23.2 Å². The first-order valence-electron chi connectivity index (χ1n) is 7.93. The second-order valence-corrected chi connectivity index (χ2v) is 7.48. The van der Waals surface area contributed by atoms with Gasteiger partial charge in [0.05, 0.1) is 0 Å². The van der Waals surface area contributed by atoms with E-state index in [0.29, 0.717) is 18.6 Å². The Morgan fingerprint density at radius 3 is 2.73 bits per heavy atom. The monoisotopic (exact) mass is 302 g/mol. The largest absolute Gasteiger partial charge is 0.490 e. The van der Waals surface area contributed by atoms with Gasteiger partial charge in [-0.05, 0) is 37.5 Å². The van der Waals surface area contributed by atoms with Gasteiger partial charge in [0.1, 0.15) is 18.5 Å². The van der Waals surface area contributed by atoms with Crippen LogP contribution in [-0.2, 0) is 0 Å². The molecule has 1 unspecified atom stereocenters. The predicted octanol–water partition coefficient (Wildman–Crippen LogP) is 3.03. The summed E-state index contributed by atoms with van der Waals surface area (Å²) in [5.41, 5.74) is 1.47. The predicted molar refractivity (Wildman–Crippen MR) is 89.2 cm³/mol. The minimum absolute atomic E-state index is 0.120. The molecule has 4 heteroatoms. The number of aromatic nitrogens is 1. The van der Waals surface area contributed by atoms with Crippen molar-refractivity contribution < 1.29 is 9.84 Å². The number of β-amino-alcohol motifs (C(OH)–C–C–N with tert-alkyl or cyclic N) is 1. The number of hydrogen-bond acceptors (Lipinski definition) is 3. The Hall–Kier alpha value is -1.52. The fourth-order valence-corrected chi connectivity index (χ4v) is 3.17. The van der Waals surface area contributed by atoms with Crippen LogP contribution in [0.5, 0.6) is 5.75 Å². The third-order valence-corrected chi connectivity index (χ3v) is 5.45. The molecular formula is C18H26N2O2. The normalized spacial score (nSPS) is 21.5. The number of nitrogens with one attached hydrogen (secondary N) is 1. The highest BCUT2D eigenvalue weighted by atomic mass is 16.5. The van der Waals surface area contributed by atoms with Crippen LogP contribution in [-0.4, -0.2) is 46.3 Å². The summed E-state index contributed by atoms with van der Waals surface area (Å²) in [6, 6.07) is 7.92. The number of aromatic amines is 1. The topological polar surface area (TPSA) is 48.5 Å². The Labute approximate surface area is 132 Å². The number of benzene rings is 1. The number of ether oxygens (including phenoxy) is 1. The van der Waals surface area contributed by atoms with E-state index in [1.54, 1.807) is 0 Å². The van der Waals surface area contributed by atoms with Crippen molar-refractivity contribution in [3.8, 4) is 5.75 Å². The van der Waals surface area contributed by atoms with Gasteiger partial charge in [-0.2, -0.15) is 0 Å². The summed E-state index contributed by atoms with van der Waals surface area (Å²) < 4.78 is 5.83. The first-order chi connectivity index (χ1) is 10.3. The van der Waals surface area contributed by atoms with Crippen molar-refractivity contribution in [3.63, 3.8) is 0 Å². The molecule has 0 radical (unpaired) electrons. The molecule has 120 valence electrons. The van der Waals surface area contributed by atoms with Crippen molar-refractivity contribution in [1.82, 2.24) is 9.88 Å². The molecule has 0 aliphatic carbocycles. The Morgan fingerprint density at radius 2 is 2.05 bits per heavy atom. The number of aliphatic hydroxyl groups is 1. The number of fused-ring (bicyclic) bond motifs is 1. The van der Waals surface area contributed by atoms with Gasteiger partial charge in [0, 0.05) is 35.7 Å². The SMILES string of the molecule is CC1(C)CN(CC(O)COc2cccc3[nH]ccc23)C1(C)C. The maximum Gasteiger partial charge on any atom is 0.128 e. The van der Waals surface area contributed by atoms with Gasteiger partial charge in [-0.15, -0.1) is 0 Å². The Kier molecular flexibility index (Phi) is 3.69. The quantitative estimate of drug-likeness (QED) is 0.892. The highest BCUT2D eigenvalue weighted by molar-refractivity contribution is 5.85. The third-order valence-electron chi connectivity index (χ3n) is 5.45. The molecule has 1 aliphatic heterocycles. The van der Waals surface area contributed by atoms with Gasteiger partial charge < -0.3 is 14.8 Å². The second kappa shape index (κ2) is 5.28. The Morgan fingerprint density at radius 1 is 1.27 bits per heavy atom. The molecular weight excluding hydrogens is 276 g/mol. The van der Waals surface area contributed by atoms with Crippen LogP contribution in [0.2, 0.25) is 0 Å². The van der Waals surface area contributed by atoms with Crippen LogP contribution in [0, 0.1) is 5.41 Å². The van der Waals surface area contributed by atoms with Crippen LogP contribution in [0.3, 0.4) is 0 Å². The molecule has 1 aromatic heterocycles. The van der Waals surface area contributed by atoms with Crippen molar-refractivity contribution >= 4 is 10.9 Å². The molecule has 1 fully saturated rings. The number of aliphatic hydroxyl groups excluding tert-OH is 1. The summed E-state index contributed by atoms with van der Waals surface area (Å²) in [7, 11) is 0. The van der Waals surface area contributed by atoms with Gasteiger partial charge in [0.25, 0.3) is 0 Å². The molecule has 2 aromatic rings. The molecule has 0 bridgehead atoms. The van der Waals surface area contributed by atoms with E-state index >= 15 is 0 Å². The molecule has 2 N–H and O–H groups in total. The number of rotatable bonds is 5. The molecule has 1 aromatic carbocycles. The van der Waals surface area contributed by atoms with Crippen molar-refractivity contribution in [1.29, 1.82) is 0 Å². The smallest absolute Gasteiger partial charge is 0.128 e. The van der Waals surface area contributed by atoms with Crippen molar-refractivity contribution in [2.45, 2.75) is 39.3 Å². The molecule has 22 heavy (non-hydrogen) atoms. The van der Waals surface area contributed by atoms with Gasteiger partial charge in [-0.25, -0.2) is 0 Å². The summed E-state index contributed by atoms with van der Waals surface area (Å²) >= 11 is 0. The number of nitrogens with zero attached hydrogens (tertiary/aromatic N) is 1. The molecule has 1 saturated heterocycles. The van der Waals surface area contributed by atoms with E-state index < -0.39 is 6.10 Å². The maximum atomic E-state index is 10.3. The molecule has 4 nitrogen and oxygen atoms in total. The third kappa shape index (κ3) is 2.50. The van der Waals surface area contributed by atoms with Crippen LogP contribution in [0.25, 0.3) is 10.9 Å². The minimum Gasteiger partial charge on any atom is -0.490 e. The van der Waals surface area contributed by atoms with Gasteiger partial charge in [0.15, 0.2) is 0 Å². The summed E-state index contributed by atoms with van der Waals surface area (Å²) in [6.45, 7) is 11.0. The van der Waals surface area contributed by atoms with Crippen LogP contribution >= 0.6 is 0 Å². The standard InChI is InChI=1S/C18H26N2O2/c1-17(2)12-20(18(17,3)4)10-13(21)11-22-16-7-5-6-15-14(16)8-9-19-15/h5-9,13,19,21H,10-12H2,1-4H3. The molecule has 3 rings (SSSR count). The average Bonchev–Trinajstić information content (AvgIpc) is 2.93. The van der Waals surface area contributed by atoms with Gasteiger partial charge in [-0.1, -0.05) is 19.9 Å². The van der Waals surface area contributed by atoms with Gasteiger partial charge in [0.2, 0.25) is 0 Å². The zero-order chi connectivity index (χ0) is 16.0. The molecule has 0 amide bonds. The number of likely N-dealkylation sites (tertiary alicyclic amines) is 1. The molecule has 1 aliphatic rings. The minimum atomic E-state index is -0.482. The van der Waals surface area contributed by atoms with Crippen LogP contribution in [0.4, 0.5) is 0 Å². The molecule has 0 saturated carbocycles. The van der Waals surface area contributed by atoms with E-state index in [2.05, 4.69) is 37.6 Å². The van der Waals surface area contributed by atoms with Crippen molar-refractivity contribution in [2.75, 3.05) is 19.7 Å². The van der Waals surface area contributed by atoms with E-state index in [1.165, 1.54) is 0 Å². The lowest BCUT2D eigenvalue weighted by atomic mass is 9.65. The molecule has 1 atom stereocenters. The Balaban J connectivity index is 1.57. The Bertz CT molecular complexity index is 660. The highest BCUT2D eigenvalue weighted by Gasteiger charge is 2.52. The summed E-state index contributed by atoms with van der Waals surface area (Å²) in [5.74, 6) is 0.820. The fraction of sp³-hybridized carbons (Fsp3) is 0.556. The highest BCUT2D eigenvalue weighted by Crippen LogP contribution is 2.46. The van der Waals surface area contributed by atoms with Gasteiger partial charge >= 0.3 is 0 Å². The molecule has 2 heterocycles. The lowest BCUT2D eigenvalue weighted by molar-refractivity contribution is -0.133. The van der Waals surface area contributed by atoms with Crippen molar-refractivity contribution in [3.05, 3.63) is 30.5 Å². The second-order valence-electron chi connectivity index (χ2n) is 7.48. The fourth-order valence-electron chi connectivity index (χ4n) is 3.17. The lowest BCUT2D eigenvalue weighted by Gasteiger charge is -2.62. The lowest BCUT2D eigenvalue weighted by Crippen LogP contribution is -2.70. The summed E-state index contributed by atoms with van der Waals surface area (Å²) in [4.78, 5) is 5.50. The van der Waals surface area contributed by atoms with E-state index in [-0.39, 0.29) is 5.54 Å².